The molecule has 2 aromatic carbocycles. The van der Waals surface area contributed by atoms with Crippen LogP contribution in [-0.2, 0) is 14.3 Å². The average Bonchev–Trinajstić information content (AvgIpc) is 2.62. The van der Waals surface area contributed by atoms with Crippen LogP contribution >= 0.6 is 0 Å². The zero-order valence-electron chi connectivity index (χ0n) is 15.2. The Kier molecular flexibility index (Phi) is 6.97. The van der Waals surface area contributed by atoms with Crippen LogP contribution in [0.15, 0.2) is 48.5 Å². The van der Waals surface area contributed by atoms with Crippen molar-refractivity contribution >= 4 is 23.6 Å². The van der Waals surface area contributed by atoms with Gasteiger partial charge in [0.15, 0.2) is 6.61 Å². The van der Waals surface area contributed by atoms with Gasteiger partial charge in [0.1, 0.15) is 5.75 Å². The molecule has 136 valence electrons. The van der Waals surface area contributed by atoms with Gasteiger partial charge in [-0.05, 0) is 44.0 Å². The second-order valence-electron chi connectivity index (χ2n) is 5.73. The van der Waals surface area contributed by atoms with E-state index in [1.54, 1.807) is 6.08 Å². The molecule has 1 amide bonds. The highest BCUT2D eigenvalue weighted by atomic mass is 16.5. The summed E-state index contributed by atoms with van der Waals surface area (Å²) in [6, 6.07) is 13.1. The lowest BCUT2D eigenvalue weighted by Crippen LogP contribution is -2.21. The fraction of sp³-hybridized carbons (Fsp3) is 0.238. The third-order valence-corrected chi connectivity index (χ3v) is 3.71. The highest BCUT2D eigenvalue weighted by Gasteiger charge is 2.09. The number of anilines is 1. The minimum atomic E-state index is -0.590. The van der Waals surface area contributed by atoms with Crippen LogP contribution in [-0.4, -0.2) is 25.1 Å². The number of hydrogen-bond donors (Lipinski definition) is 1. The number of rotatable bonds is 7. The summed E-state index contributed by atoms with van der Waals surface area (Å²) in [7, 11) is 0. The lowest BCUT2D eigenvalue weighted by atomic mass is 10.1. The number of aryl methyl sites for hydroxylation is 2. The van der Waals surface area contributed by atoms with E-state index in [1.165, 1.54) is 6.08 Å². The summed E-state index contributed by atoms with van der Waals surface area (Å²) >= 11 is 0. The Labute approximate surface area is 153 Å². The highest BCUT2D eigenvalue weighted by Crippen LogP contribution is 2.20. The van der Waals surface area contributed by atoms with Gasteiger partial charge in [-0.25, -0.2) is 4.79 Å². The number of ether oxygens (including phenoxy) is 2. The van der Waals surface area contributed by atoms with Crippen LogP contribution in [0.1, 0.15) is 23.6 Å². The minimum absolute atomic E-state index is 0.343. The molecule has 0 radical (unpaired) electrons. The van der Waals surface area contributed by atoms with Crippen LogP contribution < -0.4 is 10.1 Å². The molecule has 26 heavy (non-hydrogen) atoms. The van der Waals surface area contributed by atoms with E-state index >= 15 is 0 Å². The van der Waals surface area contributed by atoms with E-state index in [2.05, 4.69) is 5.32 Å². The maximum Gasteiger partial charge on any atom is 0.331 e. The van der Waals surface area contributed by atoms with Gasteiger partial charge < -0.3 is 14.8 Å². The van der Waals surface area contributed by atoms with Crippen molar-refractivity contribution in [3.8, 4) is 5.75 Å². The summed E-state index contributed by atoms with van der Waals surface area (Å²) in [5.41, 5.74) is 3.43. The number of carbonyl (C=O) groups is 2. The quantitative estimate of drug-likeness (QED) is 0.606. The summed E-state index contributed by atoms with van der Waals surface area (Å²) in [6.07, 6.45) is 2.89. The Bertz CT molecular complexity index is 791. The van der Waals surface area contributed by atoms with Crippen molar-refractivity contribution in [3.63, 3.8) is 0 Å². The number of esters is 1. The summed E-state index contributed by atoms with van der Waals surface area (Å²) in [6.45, 7) is 5.90. The number of hydrogen-bond acceptors (Lipinski definition) is 4. The van der Waals surface area contributed by atoms with Crippen LogP contribution in [0.5, 0.6) is 5.75 Å². The maximum absolute atomic E-state index is 12.0. The Morgan fingerprint density at radius 1 is 1.04 bits per heavy atom. The first-order chi connectivity index (χ1) is 12.5. The average molecular weight is 353 g/mol. The van der Waals surface area contributed by atoms with Gasteiger partial charge in [-0.3, -0.25) is 4.79 Å². The fourth-order valence-corrected chi connectivity index (χ4v) is 2.43. The second-order valence-corrected chi connectivity index (χ2v) is 5.73. The zero-order chi connectivity index (χ0) is 18.9. The fourth-order valence-electron chi connectivity index (χ4n) is 2.43. The molecule has 0 unspecified atom stereocenters. The van der Waals surface area contributed by atoms with E-state index in [0.717, 1.165) is 22.4 Å². The molecule has 0 atom stereocenters. The van der Waals surface area contributed by atoms with Crippen molar-refractivity contribution in [2.24, 2.45) is 0 Å². The molecule has 2 aromatic rings. The van der Waals surface area contributed by atoms with Gasteiger partial charge in [-0.2, -0.15) is 0 Å². The molecular formula is C21H23NO4. The normalized spacial score (nSPS) is 10.6. The van der Waals surface area contributed by atoms with Gasteiger partial charge in [0.05, 0.1) is 6.61 Å². The van der Waals surface area contributed by atoms with E-state index < -0.39 is 5.97 Å². The van der Waals surface area contributed by atoms with E-state index in [9.17, 15) is 9.59 Å². The van der Waals surface area contributed by atoms with Gasteiger partial charge in [-0.15, -0.1) is 0 Å². The van der Waals surface area contributed by atoms with Crippen LogP contribution in [0.4, 0.5) is 5.69 Å². The summed E-state index contributed by atoms with van der Waals surface area (Å²) in [5.74, 6) is -0.279. The number of carbonyl (C=O) groups excluding carboxylic acids is 2. The molecule has 0 aliphatic heterocycles. The van der Waals surface area contributed by atoms with Gasteiger partial charge in [0.2, 0.25) is 0 Å². The first kappa shape index (κ1) is 19.2. The third-order valence-electron chi connectivity index (χ3n) is 3.71. The molecule has 0 heterocycles. The van der Waals surface area contributed by atoms with E-state index in [0.29, 0.717) is 12.4 Å². The minimum Gasteiger partial charge on any atom is -0.493 e. The van der Waals surface area contributed by atoms with Gasteiger partial charge in [0, 0.05) is 17.3 Å². The number of nitrogens with one attached hydrogen (secondary N) is 1. The molecule has 5 heteroatoms. The van der Waals surface area contributed by atoms with Crippen molar-refractivity contribution in [1.82, 2.24) is 0 Å². The zero-order valence-corrected chi connectivity index (χ0v) is 15.2. The number of amides is 1. The third kappa shape index (κ3) is 5.48. The molecule has 1 N–H and O–H groups in total. The van der Waals surface area contributed by atoms with Crippen LogP contribution in [0.2, 0.25) is 0 Å². The molecule has 0 saturated carbocycles. The Balaban J connectivity index is 1.90. The molecule has 2 rings (SSSR count). The predicted octanol–water partition coefficient (Wildman–Crippen LogP) is 3.90. The smallest absolute Gasteiger partial charge is 0.331 e. The molecule has 0 aliphatic rings. The van der Waals surface area contributed by atoms with Crippen LogP contribution in [0.3, 0.4) is 0 Å². The van der Waals surface area contributed by atoms with Gasteiger partial charge in [-0.1, -0.05) is 36.4 Å². The summed E-state index contributed by atoms with van der Waals surface area (Å²) in [4.78, 5) is 23.8. The molecule has 0 spiro atoms. The Morgan fingerprint density at radius 3 is 2.42 bits per heavy atom. The van der Waals surface area contributed by atoms with Crippen molar-refractivity contribution < 1.29 is 19.1 Å². The SMILES string of the molecule is CCOc1ccccc1/C=C/C(=O)OCC(=O)Nc1c(C)cccc1C. The van der Waals surface area contributed by atoms with Crippen molar-refractivity contribution in [2.45, 2.75) is 20.8 Å². The number of benzene rings is 2. The lowest BCUT2D eigenvalue weighted by Gasteiger charge is -2.11. The van der Waals surface area contributed by atoms with E-state index in [4.69, 9.17) is 9.47 Å². The summed E-state index contributed by atoms with van der Waals surface area (Å²) in [5, 5.41) is 2.77. The Hall–Kier alpha value is -3.08. The van der Waals surface area contributed by atoms with Gasteiger partial charge >= 0.3 is 5.97 Å². The molecule has 0 aliphatic carbocycles. The highest BCUT2D eigenvalue weighted by molar-refractivity contribution is 5.95. The Morgan fingerprint density at radius 2 is 1.73 bits per heavy atom. The van der Waals surface area contributed by atoms with Crippen molar-refractivity contribution in [2.75, 3.05) is 18.5 Å². The molecule has 0 bridgehead atoms. The lowest BCUT2D eigenvalue weighted by molar-refractivity contribution is -0.142. The summed E-state index contributed by atoms with van der Waals surface area (Å²) < 4.78 is 10.5. The number of para-hydroxylation sites is 2. The predicted molar refractivity (Wildman–Crippen MR) is 102 cm³/mol. The van der Waals surface area contributed by atoms with E-state index in [-0.39, 0.29) is 12.5 Å². The van der Waals surface area contributed by atoms with Crippen LogP contribution in [0, 0.1) is 13.8 Å². The van der Waals surface area contributed by atoms with Crippen LogP contribution in [0.25, 0.3) is 6.08 Å². The van der Waals surface area contributed by atoms with Crippen molar-refractivity contribution in [3.05, 3.63) is 65.2 Å². The topological polar surface area (TPSA) is 64.6 Å². The van der Waals surface area contributed by atoms with Crippen molar-refractivity contribution in [1.29, 1.82) is 0 Å². The first-order valence-electron chi connectivity index (χ1n) is 8.44. The van der Waals surface area contributed by atoms with E-state index in [1.807, 2.05) is 63.2 Å². The molecule has 5 nitrogen and oxygen atoms in total. The first-order valence-corrected chi connectivity index (χ1v) is 8.44. The molecule has 0 fully saturated rings. The monoisotopic (exact) mass is 353 g/mol. The second kappa shape index (κ2) is 9.42. The molecule has 0 saturated heterocycles. The molecule has 0 aromatic heterocycles. The maximum atomic E-state index is 12.0. The standard InChI is InChI=1S/C21H23NO4/c1-4-25-18-11-6-5-10-17(18)12-13-20(24)26-14-19(23)22-21-15(2)8-7-9-16(21)3/h5-13H,4,14H2,1-3H3,(H,22,23)/b13-12+. The molecular weight excluding hydrogens is 330 g/mol. The largest absolute Gasteiger partial charge is 0.493 e. The van der Waals surface area contributed by atoms with Gasteiger partial charge in [0.25, 0.3) is 5.91 Å².